The van der Waals surface area contributed by atoms with Crippen molar-refractivity contribution in [3.8, 4) is 17.2 Å². The number of benzene rings is 3. The van der Waals surface area contributed by atoms with Crippen LogP contribution in [0.4, 0.5) is 4.79 Å². The highest BCUT2D eigenvalue weighted by Gasteiger charge is 2.45. The van der Waals surface area contributed by atoms with Crippen LogP contribution in [0.5, 0.6) is 17.2 Å². The molecule has 3 aliphatic heterocycles. The van der Waals surface area contributed by atoms with Gasteiger partial charge in [0.05, 0.1) is 50.0 Å². The van der Waals surface area contributed by atoms with Crippen molar-refractivity contribution in [2.75, 3.05) is 80.4 Å². The first kappa shape index (κ1) is 40.0. The number of nitrogens with zero attached hydrogens (tertiary/aromatic N) is 3. The second-order valence-electron chi connectivity index (χ2n) is 13.6. The summed E-state index contributed by atoms with van der Waals surface area (Å²) in [5.74, 6) is 0.371. The van der Waals surface area contributed by atoms with Crippen molar-refractivity contribution < 1.29 is 38.4 Å². The topological polar surface area (TPSA) is 144 Å². The molecule has 1 unspecified atom stereocenters. The fourth-order valence-corrected chi connectivity index (χ4v) is 7.84. The summed E-state index contributed by atoms with van der Waals surface area (Å²) in [5.41, 5.74) is 6.11. The van der Waals surface area contributed by atoms with Crippen molar-refractivity contribution in [2.45, 2.75) is 36.5 Å². The number of carboxylic acid groups (broad SMARTS) is 1. The molecule has 0 radical (unpaired) electrons. The Kier molecular flexibility index (Phi) is 13.4. The second kappa shape index (κ2) is 17.7. The molecule has 3 heterocycles. The summed E-state index contributed by atoms with van der Waals surface area (Å²) >= 11 is 12.8. The number of morpholine rings is 1. The summed E-state index contributed by atoms with van der Waals surface area (Å²) in [6, 6.07) is 18.3. The molecule has 0 bridgehead atoms. The molecule has 286 valence electrons. The number of hydrogen-bond acceptors (Lipinski definition) is 8. The number of carbonyl (C=O) groups is 3. The Morgan fingerprint density at radius 1 is 0.792 bits per heavy atom. The van der Waals surface area contributed by atoms with E-state index in [0.29, 0.717) is 98.2 Å². The van der Waals surface area contributed by atoms with Gasteiger partial charge in [-0.25, -0.2) is 4.79 Å². The van der Waals surface area contributed by atoms with Crippen LogP contribution in [0.2, 0.25) is 10.0 Å². The Balaban J connectivity index is 0.000000526. The van der Waals surface area contributed by atoms with Crippen molar-refractivity contribution in [1.29, 1.82) is 0 Å². The number of carboxylic acids is 1. The molecule has 0 aromatic heterocycles. The number of halogens is 2. The number of methoxy groups -OCH3 is 3. The highest BCUT2D eigenvalue weighted by Crippen LogP contribution is 2.43. The molecular formula is C39H48Cl2N4O8. The first-order valence-electron chi connectivity index (χ1n) is 17.6. The molecule has 0 saturated carbocycles. The number of aliphatic carboxylic acids is 1. The van der Waals surface area contributed by atoms with E-state index < -0.39 is 11.4 Å². The van der Waals surface area contributed by atoms with Crippen LogP contribution in [0.15, 0.2) is 60.7 Å². The minimum absolute atomic E-state index is 0.127. The third-order valence-electron chi connectivity index (χ3n) is 10.8. The van der Waals surface area contributed by atoms with Crippen LogP contribution in [0.3, 0.4) is 0 Å². The van der Waals surface area contributed by atoms with Gasteiger partial charge in [-0.15, -0.1) is 0 Å². The van der Waals surface area contributed by atoms with Gasteiger partial charge in [0.1, 0.15) is 0 Å². The van der Waals surface area contributed by atoms with E-state index in [0.717, 1.165) is 30.5 Å². The molecule has 3 aliphatic rings. The molecule has 3 fully saturated rings. The molecule has 3 amide bonds. The standard InChI is InChI=1S/C34H38Cl2N2O6.C5H10N2O2/c1-42-28-19-23(20-29(43-2)30(28)44-3)31(39)38-18-12-33(22-38,25-9-10-26(35)27(36)21-25)11-15-37-16-13-34(14-17-37,32(40)41)24-7-5-4-6-8-24;6-5(8)7-1-3-9-4-2-7/h4-10,19-21H,11-18,22H2,1-3H3,(H,40,41);1-4H2,(H2,6,8). The largest absolute Gasteiger partial charge is 0.493 e. The van der Waals surface area contributed by atoms with Crippen LogP contribution in [0, 0.1) is 0 Å². The van der Waals surface area contributed by atoms with Gasteiger partial charge >= 0.3 is 12.0 Å². The van der Waals surface area contributed by atoms with E-state index in [9.17, 15) is 19.5 Å². The number of urea groups is 1. The molecule has 6 rings (SSSR count). The molecule has 1 atom stereocenters. The number of carbonyl (C=O) groups excluding carboxylic acids is 2. The molecule has 14 heteroatoms. The predicted molar refractivity (Wildman–Crippen MR) is 203 cm³/mol. The van der Waals surface area contributed by atoms with Crippen molar-refractivity contribution in [1.82, 2.24) is 14.7 Å². The minimum atomic E-state index is -0.879. The lowest BCUT2D eigenvalue weighted by atomic mass is 9.72. The van der Waals surface area contributed by atoms with Gasteiger partial charge in [0.15, 0.2) is 11.5 Å². The average molecular weight is 772 g/mol. The summed E-state index contributed by atoms with van der Waals surface area (Å²) in [6.45, 7) is 5.66. The molecule has 0 spiro atoms. The first-order valence-corrected chi connectivity index (χ1v) is 18.4. The third kappa shape index (κ3) is 8.95. The fraction of sp³-hybridized carbons (Fsp3) is 0.462. The number of nitrogens with two attached hydrogens (primary N) is 1. The van der Waals surface area contributed by atoms with Gasteiger partial charge < -0.3 is 44.5 Å². The second-order valence-corrected chi connectivity index (χ2v) is 14.4. The summed E-state index contributed by atoms with van der Waals surface area (Å²) in [5, 5.41) is 11.2. The number of primary amides is 1. The maximum Gasteiger partial charge on any atom is 0.314 e. The van der Waals surface area contributed by atoms with Gasteiger partial charge in [0, 0.05) is 37.2 Å². The van der Waals surface area contributed by atoms with E-state index in [2.05, 4.69) is 4.90 Å². The average Bonchev–Trinajstić information content (AvgIpc) is 3.63. The number of likely N-dealkylation sites (tertiary alicyclic amines) is 2. The quantitative estimate of drug-likeness (QED) is 0.265. The molecule has 3 aromatic carbocycles. The third-order valence-corrected chi connectivity index (χ3v) is 11.5. The van der Waals surface area contributed by atoms with Crippen LogP contribution < -0.4 is 19.9 Å². The van der Waals surface area contributed by atoms with E-state index in [4.69, 9.17) is 47.9 Å². The van der Waals surface area contributed by atoms with E-state index >= 15 is 0 Å². The Bertz CT molecular complexity index is 1720. The molecule has 3 aromatic rings. The minimum Gasteiger partial charge on any atom is -0.493 e. The number of rotatable bonds is 10. The van der Waals surface area contributed by atoms with Gasteiger partial charge in [-0.3, -0.25) is 9.59 Å². The van der Waals surface area contributed by atoms with Crippen LogP contribution in [0.1, 0.15) is 47.2 Å². The zero-order chi connectivity index (χ0) is 38.2. The number of hydrogen-bond donors (Lipinski definition) is 2. The van der Waals surface area contributed by atoms with Gasteiger partial charge in [0.25, 0.3) is 5.91 Å². The molecule has 3 N–H and O–H groups in total. The van der Waals surface area contributed by atoms with Gasteiger partial charge in [0.2, 0.25) is 5.75 Å². The summed E-state index contributed by atoms with van der Waals surface area (Å²) < 4.78 is 21.4. The summed E-state index contributed by atoms with van der Waals surface area (Å²) in [7, 11) is 4.58. The molecule has 3 saturated heterocycles. The van der Waals surface area contributed by atoms with Crippen LogP contribution >= 0.6 is 23.2 Å². The van der Waals surface area contributed by atoms with Gasteiger partial charge in [-0.05, 0) is 80.7 Å². The number of ether oxygens (including phenoxy) is 4. The maximum atomic E-state index is 13.9. The smallest absolute Gasteiger partial charge is 0.314 e. The van der Waals surface area contributed by atoms with Crippen molar-refractivity contribution >= 4 is 41.1 Å². The number of piperidine rings is 1. The maximum absolute atomic E-state index is 13.9. The zero-order valence-electron chi connectivity index (χ0n) is 30.4. The lowest BCUT2D eigenvalue weighted by Gasteiger charge is -2.40. The van der Waals surface area contributed by atoms with E-state index in [-0.39, 0.29) is 17.4 Å². The lowest BCUT2D eigenvalue weighted by Crippen LogP contribution is -2.48. The highest BCUT2D eigenvalue weighted by atomic mass is 35.5. The molecule has 12 nitrogen and oxygen atoms in total. The lowest BCUT2D eigenvalue weighted by molar-refractivity contribution is -0.146. The Hall–Kier alpha value is -4.23. The number of amides is 3. The first-order chi connectivity index (χ1) is 25.5. The SMILES string of the molecule is COc1cc(C(=O)N2CCC(CCN3CCC(C(=O)O)(c4ccccc4)CC3)(c3ccc(Cl)c(Cl)c3)C2)cc(OC)c1OC.NC(=O)N1CCOCC1. The highest BCUT2D eigenvalue weighted by molar-refractivity contribution is 6.42. The van der Waals surface area contributed by atoms with Crippen LogP contribution in [-0.4, -0.2) is 118 Å². The molecule has 0 aliphatic carbocycles. The zero-order valence-corrected chi connectivity index (χ0v) is 32.0. The Morgan fingerprint density at radius 3 is 1.96 bits per heavy atom. The summed E-state index contributed by atoms with van der Waals surface area (Å²) in [4.78, 5) is 42.6. The van der Waals surface area contributed by atoms with Gasteiger partial charge in [-0.2, -0.15) is 0 Å². The van der Waals surface area contributed by atoms with E-state index in [1.165, 1.54) is 21.3 Å². The van der Waals surface area contributed by atoms with Gasteiger partial charge in [-0.1, -0.05) is 59.6 Å². The van der Waals surface area contributed by atoms with Crippen molar-refractivity contribution in [2.24, 2.45) is 5.73 Å². The van der Waals surface area contributed by atoms with Crippen LogP contribution in [0.25, 0.3) is 0 Å². The fourth-order valence-electron chi connectivity index (χ4n) is 7.54. The van der Waals surface area contributed by atoms with E-state index in [1.807, 2.05) is 53.4 Å². The molecular weight excluding hydrogens is 723 g/mol. The Morgan fingerprint density at radius 2 is 1.43 bits per heavy atom. The summed E-state index contributed by atoms with van der Waals surface area (Å²) in [6.07, 6.45) is 2.60. The predicted octanol–water partition coefficient (Wildman–Crippen LogP) is 5.71. The normalized spacial score (nSPS) is 19.9. The van der Waals surface area contributed by atoms with Crippen LogP contribution in [-0.2, 0) is 20.4 Å². The van der Waals surface area contributed by atoms with E-state index in [1.54, 1.807) is 17.0 Å². The molecule has 53 heavy (non-hydrogen) atoms. The van der Waals surface area contributed by atoms with Crippen molar-refractivity contribution in [3.63, 3.8) is 0 Å². The van der Waals surface area contributed by atoms with Crippen molar-refractivity contribution in [3.05, 3.63) is 87.4 Å². The monoisotopic (exact) mass is 770 g/mol. The Labute approximate surface area is 320 Å².